The van der Waals surface area contributed by atoms with Crippen LogP contribution >= 0.6 is 11.3 Å². The highest BCUT2D eigenvalue weighted by Crippen LogP contribution is 2.31. The molecule has 1 amide bonds. The molecule has 3 aromatic carbocycles. The van der Waals surface area contributed by atoms with E-state index in [1.165, 1.54) is 30.6 Å². The normalized spacial score (nSPS) is 11.9. The number of carbonyl (C=O) groups is 2. The summed E-state index contributed by atoms with van der Waals surface area (Å²) in [6, 6.07) is 16.9. The minimum absolute atomic E-state index is 0.00881. The molecule has 0 saturated carbocycles. The Hall–Kier alpha value is -3.98. The summed E-state index contributed by atoms with van der Waals surface area (Å²) >= 11 is 1.38. The van der Waals surface area contributed by atoms with Gasteiger partial charge < -0.3 is 20.5 Å². The largest absolute Gasteiger partial charge is 0.496 e. The van der Waals surface area contributed by atoms with E-state index < -0.39 is 12.0 Å². The molecule has 1 atom stereocenters. The average molecular weight is 508 g/mol. The molecular weight excluding hydrogens is 481 g/mol. The maximum absolute atomic E-state index is 13.4. The van der Waals surface area contributed by atoms with Gasteiger partial charge in [0.1, 0.15) is 17.6 Å². The van der Waals surface area contributed by atoms with Gasteiger partial charge in [0.25, 0.3) is 0 Å². The average Bonchev–Trinajstić information content (AvgIpc) is 3.24. The molecule has 0 bridgehead atoms. The van der Waals surface area contributed by atoms with Crippen LogP contribution in [0.3, 0.4) is 0 Å². The molecule has 0 spiro atoms. The number of hydrogen-bond donors (Lipinski definition) is 3. The molecular formula is C27H26FN3O4S. The van der Waals surface area contributed by atoms with Gasteiger partial charge in [0, 0.05) is 11.3 Å². The molecule has 0 fully saturated rings. The van der Waals surface area contributed by atoms with Crippen molar-refractivity contribution in [3.8, 4) is 16.9 Å². The third-order valence-electron chi connectivity index (χ3n) is 5.71. The summed E-state index contributed by atoms with van der Waals surface area (Å²) in [4.78, 5) is 28.3. The first-order valence-electron chi connectivity index (χ1n) is 11.4. The predicted octanol–water partition coefficient (Wildman–Crippen LogP) is 5.62. The van der Waals surface area contributed by atoms with Gasteiger partial charge in [0.15, 0.2) is 5.13 Å². The number of anilines is 2. The molecule has 0 aliphatic heterocycles. The zero-order valence-corrected chi connectivity index (χ0v) is 20.9. The highest BCUT2D eigenvalue weighted by molar-refractivity contribution is 7.22. The van der Waals surface area contributed by atoms with Crippen LogP contribution in [-0.2, 0) is 16.0 Å². The Labute approximate surface area is 212 Å². The van der Waals surface area contributed by atoms with Gasteiger partial charge >= 0.3 is 5.97 Å². The lowest BCUT2D eigenvalue weighted by molar-refractivity contribution is -0.143. The molecule has 9 heteroatoms. The van der Waals surface area contributed by atoms with Crippen LogP contribution in [0.2, 0.25) is 0 Å². The van der Waals surface area contributed by atoms with Crippen LogP contribution in [-0.4, -0.2) is 35.1 Å². The van der Waals surface area contributed by atoms with E-state index in [9.17, 15) is 19.1 Å². The molecule has 0 radical (unpaired) electrons. The van der Waals surface area contributed by atoms with Crippen molar-refractivity contribution in [2.75, 3.05) is 12.4 Å². The molecule has 4 aromatic rings. The van der Waals surface area contributed by atoms with Gasteiger partial charge in [-0.2, -0.15) is 0 Å². The second kappa shape index (κ2) is 10.7. The summed E-state index contributed by atoms with van der Waals surface area (Å²) in [5.41, 5.74) is 4.11. The summed E-state index contributed by atoms with van der Waals surface area (Å²) in [5.74, 6) is -1.41. The molecule has 0 aliphatic carbocycles. The van der Waals surface area contributed by atoms with Crippen molar-refractivity contribution < 1.29 is 23.8 Å². The number of methoxy groups -OCH3 is 1. The van der Waals surface area contributed by atoms with Crippen LogP contribution in [0.1, 0.15) is 19.4 Å². The quantitative estimate of drug-likeness (QED) is 0.272. The number of benzene rings is 3. The fourth-order valence-electron chi connectivity index (χ4n) is 3.80. The number of nitrogens with zero attached hydrogens (tertiary/aromatic N) is 1. The number of fused-ring (bicyclic) bond motifs is 1. The first-order chi connectivity index (χ1) is 17.2. The van der Waals surface area contributed by atoms with Crippen molar-refractivity contribution in [1.29, 1.82) is 0 Å². The predicted molar refractivity (Wildman–Crippen MR) is 139 cm³/mol. The number of carboxylic acids is 1. The maximum atomic E-state index is 13.4. The lowest BCUT2D eigenvalue weighted by atomic mass is 10.0. The third kappa shape index (κ3) is 5.80. The Morgan fingerprint density at radius 3 is 2.44 bits per heavy atom. The number of hydrogen-bond acceptors (Lipinski definition) is 6. The monoisotopic (exact) mass is 507 g/mol. The minimum Gasteiger partial charge on any atom is -0.496 e. The Morgan fingerprint density at radius 1 is 1.06 bits per heavy atom. The number of aliphatic carboxylic acids is 1. The topological polar surface area (TPSA) is 101 Å². The standard InChI is InChI=1S/C27H26FN3O4S/c1-15(2)25(26(33)34)31-24(32)13-18-5-4-17(12-22(18)35-3)16-6-9-20(10-7-16)29-27-30-21-11-8-19(28)14-23(21)36-27/h4-12,14-15,25H,13H2,1-3H3,(H,29,30)(H,31,32)(H,33,34). The third-order valence-corrected chi connectivity index (χ3v) is 6.64. The van der Waals surface area contributed by atoms with Gasteiger partial charge in [-0.3, -0.25) is 4.79 Å². The Bertz CT molecular complexity index is 1400. The molecule has 1 unspecified atom stereocenters. The van der Waals surface area contributed by atoms with Crippen molar-refractivity contribution in [3.63, 3.8) is 0 Å². The fourth-order valence-corrected chi connectivity index (χ4v) is 4.71. The number of carbonyl (C=O) groups excluding carboxylic acids is 1. The van der Waals surface area contributed by atoms with Crippen molar-refractivity contribution in [1.82, 2.24) is 10.3 Å². The summed E-state index contributed by atoms with van der Waals surface area (Å²) in [6.07, 6.45) is 0.00881. The Kier molecular flexibility index (Phi) is 7.49. The summed E-state index contributed by atoms with van der Waals surface area (Å²) in [6.45, 7) is 3.49. The van der Waals surface area contributed by atoms with Gasteiger partial charge in [-0.15, -0.1) is 0 Å². The van der Waals surface area contributed by atoms with Crippen molar-refractivity contribution in [3.05, 3.63) is 72.0 Å². The first kappa shape index (κ1) is 25.1. The number of rotatable bonds is 9. The molecule has 3 N–H and O–H groups in total. The molecule has 7 nitrogen and oxygen atoms in total. The number of nitrogens with one attached hydrogen (secondary N) is 2. The fraction of sp³-hybridized carbons (Fsp3) is 0.222. The zero-order chi connectivity index (χ0) is 25.8. The SMILES string of the molecule is COc1cc(-c2ccc(Nc3nc4ccc(F)cc4s3)cc2)ccc1CC(=O)NC(C(=O)O)C(C)C. The van der Waals surface area contributed by atoms with E-state index in [0.29, 0.717) is 16.4 Å². The van der Waals surface area contributed by atoms with E-state index in [4.69, 9.17) is 4.74 Å². The summed E-state index contributed by atoms with van der Waals surface area (Å²) in [5, 5.41) is 15.8. The van der Waals surface area contributed by atoms with Gasteiger partial charge in [-0.1, -0.05) is 49.4 Å². The second-order valence-electron chi connectivity index (χ2n) is 8.66. The number of thiazole rings is 1. The van der Waals surface area contributed by atoms with Crippen molar-refractivity contribution in [2.45, 2.75) is 26.3 Å². The van der Waals surface area contributed by atoms with Gasteiger partial charge in [-0.25, -0.2) is 14.2 Å². The van der Waals surface area contributed by atoms with Crippen LogP contribution in [0, 0.1) is 11.7 Å². The van der Waals surface area contributed by atoms with Gasteiger partial charge in [-0.05, 0) is 53.4 Å². The van der Waals surface area contributed by atoms with Crippen LogP contribution in [0.4, 0.5) is 15.2 Å². The number of aromatic nitrogens is 1. The number of ether oxygens (including phenoxy) is 1. The lowest BCUT2D eigenvalue weighted by Gasteiger charge is -2.18. The van der Waals surface area contributed by atoms with Gasteiger partial charge in [0.2, 0.25) is 5.91 Å². The maximum Gasteiger partial charge on any atom is 0.326 e. The summed E-state index contributed by atoms with van der Waals surface area (Å²) < 4.78 is 19.7. The molecule has 186 valence electrons. The van der Waals surface area contributed by atoms with Crippen LogP contribution in [0.5, 0.6) is 5.75 Å². The van der Waals surface area contributed by atoms with Crippen LogP contribution < -0.4 is 15.4 Å². The highest BCUT2D eigenvalue weighted by atomic mass is 32.1. The summed E-state index contributed by atoms with van der Waals surface area (Å²) in [7, 11) is 1.53. The Balaban J connectivity index is 1.46. The highest BCUT2D eigenvalue weighted by Gasteiger charge is 2.24. The van der Waals surface area contributed by atoms with E-state index in [2.05, 4.69) is 15.6 Å². The van der Waals surface area contributed by atoms with Crippen molar-refractivity contribution >= 4 is 44.2 Å². The van der Waals surface area contributed by atoms with Gasteiger partial charge in [0.05, 0.1) is 23.7 Å². The van der Waals surface area contributed by atoms with E-state index in [1.807, 2.05) is 42.5 Å². The van der Waals surface area contributed by atoms with E-state index >= 15 is 0 Å². The first-order valence-corrected chi connectivity index (χ1v) is 12.2. The minimum atomic E-state index is -1.06. The molecule has 4 rings (SSSR count). The zero-order valence-electron chi connectivity index (χ0n) is 20.0. The van der Waals surface area contributed by atoms with Crippen molar-refractivity contribution in [2.24, 2.45) is 5.92 Å². The van der Waals surface area contributed by atoms with E-state index in [0.717, 1.165) is 27.0 Å². The molecule has 0 saturated heterocycles. The van der Waals surface area contributed by atoms with E-state index in [-0.39, 0.29) is 24.1 Å². The lowest BCUT2D eigenvalue weighted by Crippen LogP contribution is -2.44. The molecule has 1 heterocycles. The number of amides is 1. The molecule has 1 aromatic heterocycles. The Morgan fingerprint density at radius 2 is 1.78 bits per heavy atom. The molecule has 0 aliphatic rings. The smallest absolute Gasteiger partial charge is 0.326 e. The molecule has 36 heavy (non-hydrogen) atoms. The van der Waals surface area contributed by atoms with Crippen LogP contribution in [0.25, 0.3) is 21.3 Å². The van der Waals surface area contributed by atoms with E-state index in [1.54, 1.807) is 19.9 Å². The number of carboxylic acid groups (broad SMARTS) is 1. The second-order valence-corrected chi connectivity index (χ2v) is 9.69. The van der Waals surface area contributed by atoms with Crippen LogP contribution in [0.15, 0.2) is 60.7 Å². The number of halogens is 1.